The quantitative estimate of drug-likeness (QED) is 0.818. The number of nitrogens with one attached hydrogen (secondary N) is 1. The molecule has 0 saturated heterocycles. The minimum atomic E-state index is 0.517. The van der Waals surface area contributed by atoms with Gasteiger partial charge in [0.2, 0.25) is 0 Å². The number of rotatable bonds is 6. The van der Waals surface area contributed by atoms with Crippen molar-refractivity contribution in [1.29, 1.82) is 0 Å². The van der Waals surface area contributed by atoms with Crippen LogP contribution in [-0.2, 0) is 6.54 Å². The summed E-state index contributed by atoms with van der Waals surface area (Å²) in [6.45, 7) is 8.65. The van der Waals surface area contributed by atoms with E-state index < -0.39 is 0 Å². The Morgan fingerprint density at radius 2 is 2.24 bits per heavy atom. The van der Waals surface area contributed by atoms with Gasteiger partial charge >= 0.3 is 0 Å². The molecule has 17 heavy (non-hydrogen) atoms. The summed E-state index contributed by atoms with van der Waals surface area (Å²) in [4.78, 5) is 6.67. The second-order valence-electron chi connectivity index (χ2n) is 5.04. The summed E-state index contributed by atoms with van der Waals surface area (Å²) >= 11 is 0. The maximum absolute atomic E-state index is 4.27. The van der Waals surface area contributed by atoms with Crippen LogP contribution in [0.3, 0.4) is 0 Å². The third-order valence-electron chi connectivity index (χ3n) is 3.32. The maximum Gasteiger partial charge on any atom is 0.0600 e. The Morgan fingerprint density at radius 3 is 2.82 bits per heavy atom. The minimum absolute atomic E-state index is 0.517. The first-order chi connectivity index (χ1) is 8.22. The van der Waals surface area contributed by atoms with Crippen molar-refractivity contribution in [2.75, 3.05) is 11.4 Å². The highest BCUT2D eigenvalue weighted by atomic mass is 15.2. The van der Waals surface area contributed by atoms with E-state index in [-0.39, 0.29) is 0 Å². The molecule has 0 radical (unpaired) electrons. The fraction of sp³-hybridized carbons (Fsp3) is 0.643. The highest BCUT2D eigenvalue weighted by Crippen LogP contribution is 2.24. The van der Waals surface area contributed by atoms with Gasteiger partial charge in [0.05, 0.1) is 11.9 Å². The predicted octanol–water partition coefficient (Wildman–Crippen LogP) is 2.57. The van der Waals surface area contributed by atoms with Crippen molar-refractivity contribution in [3.63, 3.8) is 0 Å². The monoisotopic (exact) mass is 233 g/mol. The highest BCUT2D eigenvalue weighted by molar-refractivity contribution is 5.52. The van der Waals surface area contributed by atoms with Gasteiger partial charge in [-0.2, -0.15) is 0 Å². The van der Waals surface area contributed by atoms with Crippen molar-refractivity contribution < 1.29 is 0 Å². The topological polar surface area (TPSA) is 28.2 Å². The van der Waals surface area contributed by atoms with E-state index in [1.165, 1.54) is 24.1 Å². The number of aromatic nitrogens is 1. The Labute approximate surface area is 104 Å². The fourth-order valence-electron chi connectivity index (χ4n) is 2.18. The molecule has 0 unspecified atom stereocenters. The summed E-state index contributed by atoms with van der Waals surface area (Å²) in [7, 11) is 0. The van der Waals surface area contributed by atoms with Crippen molar-refractivity contribution in [1.82, 2.24) is 10.3 Å². The molecule has 1 heterocycles. The normalized spacial score (nSPS) is 15.3. The molecule has 1 aliphatic rings. The van der Waals surface area contributed by atoms with Gasteiger partial charge < -0.3 is 10.2 Å². The van der Waals surface area contributed by atoms with E-state index >= 15 is 0 Å². The Bertz CT molecular complexity index is 358. The maximum atomic E-state index is 4.27. The first kappa shape index (κ1) is 12.4. The number of hydrogen-bond donors (Lipinski definition) is 1. The zero-order valence-electron chi connectivity index (χ0n) is 11.1. The van der Waals surface area contributed by atoms with Crippen LogP contribution in [0.5, 0.6) is 0 Å². The van der Waals surface area contributed by atoms with Crippen LogP contribution in [-0.4, -0.2) is 23.6 Å². The van der Waals surface area contributed by atoms with Crippen molar-refractivity contribution in [3.05, 3.63) is 24.0 Å². The molecule has 1 fully saturated rings. The molecule has 0 aromatic carbocycles. The van der Waals surface area contributed by atoms with E-state index in [1.54, 1.807) is 0 Å². The standard InChI is InChI=1S/C14H23N3/c1-4-17(11(2)3)14-10-15-8-7-12(14)9-16-13-5-6-13/h7-8,10-11,13,16H,4-6,9H2,1-3H3. The molecule has 0 bridgehead atoms. The lowest BCUT2D eigenvalue weighted by Crippen LogP contribution is -2.32. The van der Waals surface area contributed by atoms with Crippen LogP contribution in [0.1, 0.15) is 39.2 Å². The number of hydrogen-bond acceptors (Lipinski definition) is 3. The second kappa shape index (κ2) is 5.50. The molecule has 94 valence electrons. The second-order valence-corrected chi connectivity index (χ2v) is 5.04. The summed E-state index contributed by atoms with van der Waals surface area (Å²) in [5.41, 5.74) is 2.64. The van der Waals surface area contributed by atoms with Gasteiger partial charge in [0.15, 0.2) is 0 Å². The fourth-order valence-corrected chi connectivity index (χ4v) is 2.18. The zero-order valence-corrected chi connectivity index (χ0v) is 11.1. The Morgan fingerprint density at radius 1 is 1.47 bits per heavy atom. The molecule has 3 nitrogen and oxygen atoms in total. The molecule has 2 rings (SSSR count). The van der Waals surface area contributed by atoms with Crippen LogP contribution >= 0.6 is 0 Å². The van der Waals surface area contributed by atoms with Crippen LogP contribution in [0, 0.1) is 0 Å². The lowest BCUT2D eigenvalue weighted by molar-refractivity contribution is 0.666. The average Bonchev–Trinajstić information content (AvgIpc) is 3.12. The van der Waals surface area contributed by atoms with Crippen LogP contribution in [0.15, 0.2) is 18.5 Å². The average molecular weight is 233 g/mol. The molecule has 1 aromatic rings. The molecule has 1 aromatic heterocycles. The van der Waals surface area contributed by atoms with E-state index in [0.29, 0.717) is 6.04 Å². The van der Waals surface area contributed by atoms with Gasteiger partial charge in [-0.1, -0.05) is 0 Å². The summed E-state index contributed by atoms with van der Waals surface area (Å²) in [5.74, 6) is 0. The molecule has 1 saturated carbocycles. The largest absolute Gasteiger partial charge is 0.368 e. The van der Waals surface area contributed by atoms with Crippen molar-refractivity contribution in [2.45, 2.75) is 52.2 Å². The first-order valence-corrected chi connectivity index (χ1v) is 6.65. The molecule has 1 N–H and O–H groups in total. The van der Waals surface area contributed by atoms with Gasteiger partial charge in [-0.15, -0.1) is 0 Å². The smallest absolute Gasteiger partial charge is 0.0600 e. The summed E-state index contributed by atoms with van der Waals surface area (Å²) in [6, 6.07) is 3.41. The Hall–Kier alpha value is -1.09. The first-order valence-electron chi connectivity index (χ1n) is 6.65. The molecule has 0 amide bonds. The summed E-state index contributed by atoms with van der Waals surface area (Å²) < 4.78 is 0. The third-order valence-corrected chi connectivity index (χ3v) is 3.32. The molecule has 0 spiro atoms. The Balaban J connectivity index is 2.12. The third kappa shape index (κ3) is 3.19. The minimum Gasteiger partial charge on any atom is -0.368 e. The Kier molecular flexibility index (Phi) is 4.00. The van der Waals surface area contributed by atoms with Crippen LogP contribution in [0.25, 0.3) is 0 Å². The van der Waals surface area contributed by atoms with Crippen LogP contribution < -0.4 is 10.2 Å². The van der Waals surface area contributed by atoms with Crippen LogP contribution in [0.4, 0.5) is 5.69 Å². The van der Waals surface area contributed by atoms with Crippen molar-refractivity contribution in [3.8, 4) is 0 Å². The summed E-state index contributed by atoms with van der Waals surface area (Å²) in [5, 5.41) is 3.58. The molecule has 1 aliphatic carbocycles. The van der Waals surface area contributed by atoms with Crippen molar-refractivity contribution >= 4 is 5.69 Å². The molecule has 0 aliphatic heterocycles. The van der Waals surface area contributed by atoms with Gasteiger partial charge in [0.1, 0.15) is 0 Å². The highest BCUT2D eigenvalue weighted by Gasteiger charge is 2.21. The van der Waals surface area contributed by atoms with Gasteiger partial charge in [-0.25, -0.2) is 0 Å². The molecular formula is C14H23N3. The molecular weight excluding hydrogens is 210 g/mol. The van der Waals surface area contributed by atoms with Crippen molar-refractivity contribution in [2.24, 2.45) is 0 Å². The van der Waals surface area contributed by atoms with E-state index in [4.69, 9.17) is 0 Å². The van der Waals surface area contributed by atoms with E-state index in [9.17, 15) is 0 Å². The van der Waals surface area contributed by atoms with Gasteiger partial charge in [-0.3, -0.25) is 4.98 Å². The van der Waals surface area contributed by atoms with Gasteiger partial charge in [0, 0.05) is 31.4 Å². The zero-order chi connectivity index (χ0) is 12.3. The summed E-state index contributed by atoms with van der Waals surface area (Å²) in [6.07, 6.45) is 6.55. The van der Waals surface area contributed by atoms with E-state index in [0.717, 1.165) is 19.1 Å². The molecule has 3 heteroatoms. The predicted molar refractivity (Wildman–Crippen MR) is 72.3 cm³/mol. The van der Waals surface area contributed by atoms with Gasteiger partial charge in [0.25, 0.3) is 0 Å². The molecule has 0 atom stereocenters. The SMILES string of the molecule is CCN(c1cnccc1CNC1CC1)C(C)C. The lowest BCUT2D eigenvalue weighted by Gasteiger charge is -2.29. The number of nitrogens with zero attached hydrogens (tertiary/aromatic N) is 2. The van der Waals surface area contributed by atoms with E-state index in [1.807, 2.05) is 12.4 Å². The van der Waals surface area contributed by atoms with Gasteiger partial charge in [-0.05, 0) is 45.2 Å². The van der Waals surface area contributed by atoms with E-state index in [2.05, 4.69) is 42.0 Å². The lowest BCUT2D eigenvalue weighted by atomic mass is 10.1. The van der Waals surface area contributed by atoms with Crippen LogP contribution in [0.2, 0.25) is 0 Å². The number of anilines is 1. The number of pyridine rings is 1.